The zero-order chi connectivity index (χ0) is 24.2. The summed E-state index contributed by atoms with van der Waals surface area (Å²) in [4.78, 5) is 23.9. The van der Waals surface area contributed by atoms with E-state index in [-0.39, 0.29) is 16.9 Å². The van der Waals surface area contributed by atoms with Crippen LogP contribution in [0.15, 0.2) is 134 Å². The Morgan fingerprint density at radius 2 is 1.06 bits per heavy atom. The van der Waals surface area contributed by atoms with Crippen LogP contribution in [0, 0.1) is 0 Å². The van der Waals surface area contributed by atoms with E-state index in [9.17, 15) is 14.7 Å². The van der Waals surface area contributed by atoms with Crippen molar-refractivity contribution in [2.24, 2.45) is 0 Å². The average Bonchev–Trinajstić information content (AvgIpc) is 2.92. The third-order valence-corrected chi connectivity index (χ3v) is 5.50. The Kier molecular flexibility index (Phi) is 5.97. The van der Waals surface area contributed by atoms with Crippen molar-refractivity contribution < 1.29 is 13.9 Å². The third-order valence-electron chi connectivity index (χ3n) is 5.50. The van der Waals surface area contributed by atoms with Gasteiger partial charge in [0.15, 0.2) is 11.2 Å². The van der Waals surface area contributed by atoms with Gasteiger partial charge >= 0.3 is 0 Å². The predicted octanol–water partition coefficient (Wildman–Crippen LogP) is 6.63. The highest BCUT2D eigenvalue weighted by Gasteiger charge is 2.14. The molecule has 0 aliphatic heterocycles. The first-order valence-electron chi connectivity index (χ1n) is 11.0. The molecule has 0 bridgehead atoms. The molecule has 1 N–H and O–H groups in total. The van der Waals surface area contributed by atoms with Crippen LogP contribution < -0.4 is 10.9 Å². The van der Waals surface area contributed by atoms with Crippen LogP contribution in [0.25, 0.3) is 44.6 Å². The van der Waals surface area contributed by atoms with Crippen molar-refractivity contribution >= 4 is 21.9 Å². The molecule has 5 nitrogen and oxygen atoms in total. The van der Waals surface area contributed by atoms with Crippen molar-refractivity contribution in [1.82, 2.24) is 0 Å². The molecular weight excluding hydrogens is 440 g/mol. The number of fused-ring (bicyclic) bond motifs is 2. The Labute approximate surface area is 200 Å². The van der Waals surface area contributed by atoms with E-state index < -0.39 is 5.43 Å². The van der Waals surface area contributed by atoms with E-state index in [4.69, 9.17) is 8.83 Å². The number of para-hydroxylation sites is 2. The predicted molar refractivity (Wildman–Crippen MR) is 138 cm³/mol. The summed E-state index contributed by atoms with van der Waals surface area (Å²) >= 11 is 0. The summed E-state index contributed by atoms with van der Waals surface area (Å²) < 4.78 is 11.3. The van der Waals surface area contributed by atoms with Crippen LogP contribution >= 0.6 is 0 Å². The Balaban J connectivity index is 0.000000145. The molecule has 6 rings (SSSR count). The molecule has 35 heavy (non-hydrogen) atoms. The average molecular weight is 460 g/mol. The monoisotopic (exact) mass is 460 g/mol. The van der Waals surface area contributed by atoms with Crippen molar-refractivity contribution in [3.8, 4) is 28.4 Å². The zero-order valence-electron chi connectivity index (χ0n) is 18.5. The summed E-state index contributed by atoms with van der Waals surface area (Å²) in [6, 6.07) is 34.4. The summed E-state index contributed by atoms with van der Waals surface area (Å²) in [6.45, 7) is 0. The van der Waals surface area contributed by atoms with E-state index in [1.165, 1.54) is 6.07 Å². The van der Waals surface area contributed by atoms with E-state index in [2.05, 4.69) is 0 Å². The highest BCUT2D eigenvalue weighted by molar-refractivity contribution is 5.81. The van der Waals surface area contributed by atoms with E-state index in [0.717, 1.165) is 5.56 Å². The fourth-order valence-electron chi connectivity index (χ4n) is 3.77. The second-order valence-electron chi connectivity index (χ2n) is 7.81. The minimum absolute atomic E-state index is 0.00861. The van der Waals surface area contributed by atoms with E-state index in [1.807, 2.05) is 66.7 Å². The summed E-state index contributed by atoms with van der Waals surface area (Å²) in [5.74, 6) is 0.466. The van der Waals surface area contributed by atoms with Gasteiger partial charge in [-0.2, -0.15) is 0 Å². The lowest BCUT2D eigenvalue weighted by Gasteiger charge is -2.05. The van der Waals surface area contributed by atoms with Crippen LogP contribution in [0.4, 0.5) is 0 Å². The van der Waals surface area contributed by atoms with Crippen LogP contribution in [0.3, 0.4) is 0 Å². The highest BCUT2D eigenvalue weighted by atomic mass is 16.4. The largest absolute Gasteiger partial charge is 0.502 e. The maximum Gasteiger partial charge on any atom is 0.235 e. The van der Waals surface area contributed by atoms with Crippen LogP contribution in [0.5, 0.6) is 5.75 Å². The van der Waals surface area contributed by atoms with Gasteiger partial charge in [0.05, 0.1) is 10.8 Å². The van der Waals surface area contributed by atoms with Gasteiger partial charge in [0.25, 0.3) is 0 Å². The summed E-state index contributed by atoms with van der Waals surface area (Å²) in [5.41, 5.74) is 2.27. The van der Waals surface area contributed by atoms with E-state index in [1.54, 1.807) is 42.5 Å². The molecule has 2 aromatic heterocycles. The molecule has 0 aliphatic rings. The fraction of sp³-hybridized carbons (Fsp3) is 0. The summed E-state index contributed by atoms with van der Waals surface area (Å²) in [7, 11) is 0. The lowest BCUT2D eigenvalue weighted by Crippen LogP contribution is -2.02. The molecule has 0 atom stereocenters. The standard InChI is InChI=1S/C15H10O3.C15H10O2/c16-13-11-8-4-5-9-12(11)18-15(14(13)17)10-6-2-1-3-7-10;16-13-10-15(11-6-2-1-3-7-11)17-14-9-5-4-8-12(13)14/h1-9,17H;1-10H. The third kappa shape index (κ3) is 4.48. The number of benzene rings is 4. The van der Waals surface area contributed by atoms with Gasteiger partial charge in [-0.1, -0.05) is 84.9 Å². The molecule has 0 amide bonds. The number of hydrogen-bond donors (Lipinski definition) is 1. The van der Waals surface area contributed by atoms with Crippen molar-refractivity contribution in [3.63, 3.8) is 0 Å². The van der Waals surface area contributed by atoms with Gasteiger partial charge in [-0.3, -0.25) is 9.59 Å². The number of rotatable bonds is 2. The number of hydrogen-bond acceptors (Lipinski definition) is 5. The van der Waals surface area contributed by atoms with Gasteiger partial charge in [0, 0.05) is 17.2 Å². The van der Waals surface area contributed by atoms with Crippen molar-refractivity contribution in [1.29, 1.82) is 0 Å². The minimum atomic E-state index is -0.407. The SMILES string of the molecule is O=c1c(O)c(-c2ccccc2)oc2ccccc12.O=c1cc(-c2ccccc2)oc2ccccc12. The Morgan fingerprint density at radius 1 is 0.543 bits per heavy atom. The first-order valence-corrected chi connectivity index (χ1v) is 11.0. The van der Waals surface area contributed by atoms with Crippen LogP contribution in [0.2, 0.25) is 0 Å². The molecular formula is C30H20O5. The minimum Gasteiger partial charge on any atom is -0.502 e. The molecule has 0 fully saturated rings. The summed E-state index contributed by atoms with van der Waals surface area (Å²) in [5, 5.41) is 10.9. The van der Waals surface area contributed by atoms with Gasteiger partial charge in [-0.25, -0.2) is 0 Å². The first kappa shape index (κ1) is 21.9. The normalized spacial score (nSPS) is 10.6. The van der Waals surface area contributed by atoms with Crippen LogP contribution in [0.1, 0.15) is 0 Å². The van der Waals surface area contributed by atoms with Gasteiger partial charge in [-0.05, 0) is 24.3 Å². The zero-order valence-corrected chi connectivity index (χ0v) is 18.5. The van der Waals surface area contributed by atoms with Crippen molar-refractivity contribution in [2.75, 3.05) is 0 Å². The van der Waals surface area contributed by atoms with Crippen LogP contribution in [-0.2, 0) is 0 Å². The Morgan fingerprint density at radius 3 is 1.71 bits per heavy atom. The van der Waals surface area contributed by atoms with E-state index >= 15 is 0 Å². The maximum absolute atomic E-state index is 12.0. The quantitative estimate of drug-likeness (QED) is 0.314. The Hall–Kier alpha value is -4.90. The van der Waals surface area contributed by atoms with Gasteiger partial charge in [0.1, 0.15) is 16.9 Å². The molecule has 4 aromatic carbocycles. The number of aromatic hydroxyl groups is 1. The molecule has 5 heteroatoms. The maximum atomic E-state index is 12.0. The summed E-state index contributed by atoms with van der Waals surface area (Å²) in [6.07, 6.45) is 0. The lowest BCUT2D eigenvalue weighted by atomic mass is 10.1. The molecule has 2 heterocycles. The van der Waals surface area contributed by atoms with Crippen LogP contribution in [-0.4, -0.2) is 5.11 Å². The molecule has 0 saturated heterocycles. The second-order valence-corrected chi connectivity index (χ2v) is 7.81. The van der Waals surface area contributed by atoms with Gasteiger partial charge in [-0.15, -0.1) is 0 Å². The Bertz CT molecular complexity index is 1730. The molecule has 0 aliphatic carbocycles. The molecule has 0 spiro atoms. The van der Waals surface area contributed by atoms with Crippen molar-refractivity contribution in [3.05, 3.63) is 136 Å². The van der Waals surface area contributed by atoms with Crippen molar-refractivity contribution in [2.45, 2.75) is 0 Å². The smallest absolute Gasteiger partial charge is 0.235 e. The van der Waals surface area contributed by atoms with E-state index in [0.29, 0.717) is 33.3 Å². The lowest BCUT2D eigenvalue weighted by molar-refractivity contribution is 0.449. The topological polar surface area (TPSA) is 80.6 Å². The fourth-order valence-corrected chi connectivity index (χ4v) is 3.77. The molecule has 0 saturated carbocycles. The molecule has 6 aromatic rings. The van der Waals surface area contributed by atoms with Gasteiger partial charge < -0.3 is 13.9 Å². The molecule has 170 valence electrons. The second kappa shape index (κ2) is 9.53. The molecule has 0 radical (unpaired) electrons. The highest BCUT2D eigenvalue weighted by Crippen LogP contribution is 2.29. The van der Waals surface area contributed by atoms with Gasteiger partial charge in [0.2, 0.25) is 11.2 Å². The molecule has 0 unspecified atom stereocenters. The first-order chi connectivity index (χ1) is 17.1.